The van der Waals surface area contributed by atoms with Gasteiger partial charge in [-0.2, -0.15) is 0 Å². The Hall–Kier alpha value is -0.890. The summed E-state index contributed by atoms with van der Waals surface area (Å²) in [6.45, 7) is 7.20. The Morgan fingerprint density at radius 1 is 1.29 bits per heavy atom. The van der Waals surface area contributed by atoms with Gasteiger partial charge in [-0.15, -0.1) is 0 Å². The summed E-state index contributed by atoms with van der Waals surface area (Å²) in [4.78, 5) is 0. The van der Waals surface area contributed by atoms with Gasteiger partial charge in [0, 0.05) is 0 Å². The Morgan fingerprint density at radius 3 is 2.21 bits per heavy atom. The zero-order valence-electron chi connectivity index (χ0n) is 9.13. The molecule has 0 amide bonds. The normalized spacial score (nSPS) is 12.2. The molecule has 0 bridgehead atoms. The smallest absolute Gasteiger partial charge is 0.127 e. The van der Waals surface area contributed by atoms with E-state index in [1.807, 2.05) is 13.8 Å². The number of hydrogen-bond donors (Lipinski definition) is 1. The molecule has 0 saturated carbocycles. The van der Waals surface area contributed by atoms with Crippen molar-refractivity contribution in [1.29, 1.82) is 0 Å². The highest BCUT2D eigenvalue weighted by atomic mass is 19.1. The number of rotatable bonds is 2. The van der Waals surface area contributed by atoms with Gasteiger partial charge in [-0.1, -0.05) is 26.0 Å². The van der Waals surface area contributed by atoms with E-state index in [0.717, 1.165) is 0 Å². The van der Waals surface area contributed by atoms with Gasteiger partial charge in [-0.05, 0) is 37.0 Å². The first-order valence-corrected chi connectivity index (χ1v) is 4.85. The van der Waals surface area contributed by atoms with Crippen LogP contribution in [0.15, 0.2) is 18.2 Å². The number of benzene rings is 1. The summed E-state index contributed by atoms with van der Waals surface area (Å²) in [6, 6.07) is 4.84. The quantitative estimate of drug-likeness (QED) is 0.770. The minimum atomic E-state index is -0.984. The first kappa shape index (κ1) is 11.2. The van der Waals surface area contributed by atoms with E-state index in [2.05, 4.69) is 0 Å². The fourth-order valence-electron chi connectivity index (χ4n) is 1.66. The molecule has 0 atom stereocenters. The van der Waals surface area contributed by atoms with Crippen LogP contribution in [0.25, 0.3) is 0 Å². The second-order valence-electron chi connectivity index (χ2n) is 4.41. The minimum absolute atomic E-state index is 0.0811. The van der Waals surface area contributed by atoms with E-state index in [0.29, 0.717) is 11.1 Å². The second-order valence-corrected chi connectivity index (χ2v) is 4.41. The summed E-state index contributed by atoms with van der Waals surface area (Å²) in [7, 11) is 0. The SMILES string of the molecule is CC(C)c1c(F)cccc1C(C)(C)O. The third-order valence-corrected chi connectivity index (χ3v) is 2.29. The summed E-state index contributed by atoms with van der Waals surface area (Å²) in [5, 5.41) is 9.88. The van der Waals surface area contributed by atoms with E-state index >= 15 is 0 Å². The van der Waals surface area contributed by atoms with Crippen LogP contribution in [0.2, 0.25) is 0 Å². The summed E-state index contributed by atoms with van der Waals surface area (Å²) in [6.07, 6.45) is 0. The molecular formula is C12H17FO. The van der Waals surface area contributed by atoms with Gasteiger partial charge in [0.15, 0.2) is 0 Å². The van der Waals surface area contributed by atoms with Crippen LogP contribution in [-0.2, 0) is 5.60 Å². The molecule has 0 aromatic heterocycles. The highest BCUT2D eigenvalue weighted by molar-refractivity contribution is 5.34. The molecule has 0 spiro atoms. The van der Waals surface area contributed by atoms with Crippen molar-refractivity contribution >= 4 is 0 Å². The maximum absolute atomic E-state index is 13.5. The summed E-state index contributed by atoms with van der Waals surface area (Å²) >= 11 is 0. The van der Waals surface area contributed by atoms with E-state index < -0.39 is 5.60 Å². The van der Waals surface area contributed by atoms with Gasteiger partial charge in [0.1, 0.15) is 5.82 Å². The van der Waals surface area contributed by atoms with Crippen LogP contribution in [0.5, 0.6) is 0 Å². The van der Waals surface area contributed by atoms with Crippen LogP contribution in [0.4, 0.5) is 4.39 Å². The molecule has 2 heteroatoms. The topological polar surface area (TPSA) is 20.2 Å². The lowest BCUT2D eigenvalue weighted by Crippen LogP contribution is -2.19. The van der Waals surface area contributed by atoms with Crippen molar-refractivity contribution in [3.63, 3.8) is 0 Å². The predicted molar refractivity (Wildman–Crippen MR) is 55.7 cm³/mol. The lowest BCUT2D eigenvalue weighted by Gasteiger charge is -2.23. The molecule has 0 fully saturated rings. The molecule has 0 unspecified atom stereocenters. The molecule has 1 nitrogen and oxygen atoms in total. The molecular weight excluding hydrogens is 179 g/mol. The Morgan fingerprint density at radius 2 is 1.86 bits per heavy atom. The van der Waals surface area contributed by atoms with Crippen molar-refractivity contribution in [2.75, 3.05) is 0 Å². The fraction of sp³-hybridized carbons (Fsp3) is 0.500. The summed E-state index contributed by atoms with van der Waals surface area (Å²) in [5.74, 6) is -0.155. The number of hydrogen-bond acceptors (Lipinski definition) is 1. The summed E-state index contributed by atoms with van der Waals surface area (Å²) < 4.78 is 13.5. The van der Waals surface area contributed by atoms with Gasteiger partial charge >= 0.3 is 0 Å². The Kier molecular flexibility index (Phi) is 2.95. The van der Waals surface area contributed by atoms with Gasteiger partial charge in [0.25, 0.3) is 0 Å². The van der Waals surface area contributed by atoms with Crippen LogP contribution >= 0.6 is 0 Å². The molecule has 0 aliphatic rings. The number of halogens is 1. The molecule has 0 radical (unpaired) electrons. The second kappa shape index (κ2) is 3.70. The molecule has 0 aliphatic carbocycles. The Labute approximate surface area is 84.6 Å². The maximum Gasteiger partial charge on any atom is 0.127 e. The van der Waals surface area contributed by atoms with Crippen LogP contribution in [0.1, 0.15) is 44.7 Å². The zero-order chi connectivity index (χ0) is 10.9. The van der Waals surface area contributed by atoms with Crippen molar-refractivity contribution in [2.45, 2.75) is 39.2 Å². The third kappa shape index (κ3) is 2.13. The molecule has 1 aromatic carbocycles. The Bertz CT molecular complexity index is 324. The lowest BCUT2D eigenvalue weighted by atomic mass is 9.87. The Balaban J connectivity index is 3.36. The van der Waals surface area contributed by atoms with E-state index in [4.69, 9.17) is 0 Å². The first-order chi connectivity index (χ1) is 6.34. The molecule has 14 heavy (non-hydrogen) atoms. The average molecular weight is 196 g/mol. The standard InChI is InChI=1S/C12H17FO/c1-8(2)11-9(12(3,4)14)6-5-7-10(11)13/h5-8,14H,1-4H3. The average Bonchev–Trinajstić information content (AvgIpc) is 2.01. The van der Waals surface area contributed by atoms with E-state index in [-0.39, 0.29) is 11.7 Å². The molecule has 0 saturated heterocycles. The van der Waals surface area contributed by atoms with Gasteiger partial charge in [0.2, 0.25) is 0 Å². The van der Waals surface area contributed by atoms with E-state index in [1.54, 1.807) is 26.0 Å². The van der Waals surface area contributed by atoms with Crippen LogP contribution in [0.3, 0.4) is 0 Å². The molecule has 78 valence electrons. The van der Waals surface area contributed by atoms with Gasteiger partial charge in [0.05, 0.1) is 5.60 Å². The van der Waals surface area contributed by atoms with E-state index in [9.17, 15) is 9.50 Å². The zero-order valence-corrected chi connectivity index (χ0v) is 9.13. The fourth-order valence-corrected chi connectivity index (χ4v) is 1.66. The van der Waals surface area contributed by atoms with Crippen molar-refractivity contribution in [1.82, 2.24) is 0 Å². The predicted octanol–water partition coefficient (Wildman–Crippen LogP) is 3.18. The van der Waals surface area contributed by atoms with Gasteiger partial charge in [-0.3, -0.25) is 0 Å². The van der Waals surface area contributed by atoms with Crippen molar-refractivity contribution < 1.29 is 9.50 Å². The van der Waals surface area contributed by atoms with Gasteiger partial charge in [-0.25, -0.2) is 4.39 Å². The third-order valence-electron chi connectivity index (χ3n) is 2.29. The van der Waals surface area contributed by atoms with Crippen LogP contribution in [0, 0.1) is 5.82 Å². The first-order valence-electron chi connectivity index (χ1n) is 4.85. The molecule has 1 N–H and O–H groups in total. The van der Waals surface area contributed by atoms with Crippen LogP contribution in [-0.4, -0.2) is 5.11 Å². The van der Waals surface area contributed by atoms with Crippen molar-refractivity contribution in [2.24, 2.45) is 0 Å². The van der Waals surface area contributed by atoms with Gasteiger partial charge < -0.3 is 5.11 Å². The lowest BCUT2D eigenvalue weighted by molar-refractivity contribution is 0.0768. The maximum atomic E-state index is 13.5. The van der Waals surface area contributed by atoms with E-state index in [1.165, 1.54) is 6.07 Å². The number of aliphatic hydroxyl groups is 1. The molecule has 1 rings (SSSR count). The molecule has 1 aromatic rings. The van der Waals surface area contributed by atoms with Crippen molar-refractivity contribution in [3.05, 3.63) is 35.1 Å². The summed E-state index contributed by atoms with van der Waals surface area (Å²) in [5.41, 5.74) is 0.300. The molecule has 0 aliphatic heterocycles. The highest BCUT2D eigenvalue weighted by Gasteiger charge is 2.23. The minimum Gasteiger partial charge on any atom is -0.386 e. The van der Waals surface area contributed by atoms with Crippen LogP contribution < -0.4 is 0 Å². The highest BCUT2D eigenvalue weighted by Crippen LogP contribution is 2.30. The molecule has 0 heterocycles. The largest absolute Gasteiger partial charge is 0.386 e. The monoisotopic (exact) mass is 196 g/mol. The van der Waals surface area contributed by atoms with Crippen molar-refractivity contribution in [3.8, 4) is 0 Å².